The van der Waals surface area contributed by atoms with Crippen LogP contribution in [0.4, 0.5) is 0 Å². The third kappa shape index (κ3) is 6.74. The number of para-hydroxylation sites is 1. The second-order valence-corrected chi connectivity index (χ2v) is 7.66. The van der Waals surface area contributed by atoms with Crippen LogP contribution in [-0.2, 0) is 11.8 Å². The highest BCUT2D eigenvalue weighted by atomic mass is 32.1. The van der Waals surface area contributed by atoms with Crippen molar-refractivity contribution in [1.29, 1.82) is 0 Å². The van der Waals surface area contributed by atoms with Gasteiger partial charge in [0.15, 0.2) is 5.96 Å². The maximum Gasteiger partial charge on any atom is 0.191 e. The maximum atomic E-state index is 5.66. The molecule has 2 N–H and O–H groups in total. The molecule has 0 aliphatic rings. The van der Waals surface area contributed by atoms with Crippen molar-refractivity contribution < 1.29 is 4.74 Å². The van der Waals surface area contributed by atoms with Crippen LogP contribution in [0, 0.1) is 0 Å². The molecule has 0 unspecified atom stereocenters. The number of nitrogens with zero attached hydrogens (tertiary/aromatic N) is 2. The van der Waals surface area contributed by atoms with Crippen LogP contribution < -0.4 is 15.4 Å². The van der Waals surface area contributed by atoms with Crippen molar-refractivity contribution in [3.63, 3.8) is 0 Å². The van der Waals surface area contributed by atoms with Crippen molar-refractivity contribution in [2.45, 2.75) is 32.6 Å². The van der Waals surface area contributed by atoms with E-state index in [1.165, 1.54) is 0 Å². The van der Waals surface area contributed by atoms with Gasteiger partial charge in [-0.15, -0.1) is 11.3 Å². The van der Waals surface area contributed by atoms with E-state index in [-0.39, 0.29) is 5.41 Å². The fourth-order valence-corrected chi connectivity index (χ4v) is 3.16. The quantitative estimate of drug-likeness (QED) is 0.452. The largest absolute Gasteiger partial charge is 0.492 e. The predicted octanol–water partition coefficient (Wildman–Crippen LogP) is 3.23. The Morgan fingerprint density at radius 3 is 2.52 bits per heavy atom. The summed E-state index contributed by atoms with van der Waals surface area (Å²) in [7, 11) is 1.77. The summed E-state index contributed by atoms with van der Waals surface area (Å²) in [6.45, 7) is 8.65. The molecule has 1 aromatic heterocycles. The molecular formula is C19H28N4OS. The summed E-state index contributed by atoms with van der Waals surface area (Å²) in [5, 5.41) is 9.88. The fourth-order valence-electron chi connectivity index (χ4n) is 2.13. The van der Waals surface area contributed by atoms with E-state index < -0.39 is 0 Å². The number of aliphatic imine (C=N–C) groups is 1. The summed E-state index contributed by atoms with van der Waals surface area (Å²) in [6, 6.07) is 9.81. The van der Waals surface area contributed by atoms with Crippen molar-refractivity contribution >= 4 is 17.3 Å². The molecule has 0 bridgehead atoms. The van der Waals surface area contributed by atoms with Crippen molar-refractivity contribution in [2.24, 2.45) is 4.99 Å². The summed E-state index contributed by atoms with van der Waals surface area (Å²) < 4.78 is 5.66. The zero-order valence-corrected chi connectivity index (χ0v) is 16.3. The minimum atomic E-state index is 0.110. The zero-order chi connectivity index (χ0) is 18.1. The molecule has 6 heteroatoms. The predicted molar refractivity (Wildman–Crippen MR) is 106 cm³/mol. The second kappa shape index (κ2) is 9.42. The summed E-state index contributed by atoms with van der Waals surface area (Å²) >= 11 is 1.72. The van der Waals surface area contributed by atoms with E-state index in [0.29, 0.717) is 13.2 Å². The third-order valence-corrected chi connectivity index (χ3v) is 4.49. The summed E-state index contributed by atoms with van der Waals surface area (Å²) in [5.74, 6) is 1.66. The number of ether oxygens (including phenoxy) is 1. The van der Waals surface area contributed by atoms with Crippen molar-refractivity contribution in [2.75, 3.05) is 26.7 Å². The molecule has 0 aliphatic carbocycles. The Hall–Kier alpha value is -2.08. The van der Waals surface area contributed by atoms with Gasteiger partial charge < -0.3 is 15.4 Å². The van der Waals surface area contributed by atoms with Crippen LogP contribution in [0.1, 0.15) is 31.5 Å². The average Bonchev–Trinajstić information content (AvgIpc) is 3.07. The minimum Gasteiger partial charge on any atom is -0.492 e. The molecule has 5 nitrogen and oxygen atoms in total. The van der Waals surface area contributed by atoms with Gasteiger partial charge >= 0.3 is 0 Å². The first-order valence-electron chi connectivity index (χ1n) is 8.56. The molecule has 0 atom stereocenters. The van der Waals surface area contributed by atoms with Gasteiger partial charge in [-0.05, 0) is 12.1 Å². The standard InChI is InChI=1S/C19H28N4OS/c1-19(2,3)16-14-25-17(23-16)10-11-21-18(20-4)22-12-13-24-15-8-6-5-7-9-15/h5-9,14H,10-13H2,1-4H3,(H2,20,21,22). The lowest BCUT2D eigenvalue weighted by Crippen LogP contribution is -2.40. The molecule has 2 aromatic rings. The van der Waals surface area contributed by atoms with Gasteiger partial charge in [0.25, 0.3) is 0 Å². The van der Waals surface area contributed by atoms with Gasteiger partial charge in [-0.25, -0.2) is 4.98 Å². The lowest BCUT2D eigenvalue weighted by Gasteiger charge is -2.14. The van der Waals surface area contributed by atoms with Crippen LogP contribution in [0.15, 0.2) is 40.7 Å². The van der Waals surface area contributed by atoms with E-state index in [4.69, 9.17) is 9.72 Å². The highest BCUT2D eigenvalue weighted by Gasteiger charge is 2.17. The Kier molecular flexibility index (Phi) is 7.25. The number of thiazole rings is 1. The Morgan fingerprint density at radius 2 is 1.88 bits per heavy atom. The number of benzene rings is 1. The van der Waals surface area contributed by atoms with Gasteiger partial charge in [0.1, 0.15) is 12.4 Å². The van der Waals surface area contributed by atoms with E-state index in [0.717, 1.165) is 35.4 Å². The molecule has 136 valence electrons. The maximum absolute atomic E-state index is 5.66. The molecule has 0 amide bonds. The van der Waals surface area contributed by atoms with Crippen molar-refractivity contribution in [3.8, 4) is 5.75 Å². The van der Waals surface area contributed by atoms with E-state index >= 15 is 0 Å². The summed E-state index contributed by atoms with van der Waals surface area (Å²) in [4.78, 5) is 8.94. The average molecular weight is 361 g/mol. The highest BCUT2D eigenvalue weighted by molar-refractivity contribution is 7.09. The summed E-state index contributed by atoms with van der Waals surface area (Å²) in [5.41, 5.74) is 1.27. The first-order valence-corrected chi connectivity index (χ1v) is 9.44. The Balaban J connectivity index is 1.66. The molecule has 0 saturated heterocycles. The number of nitrogens with one attached hydrogen (secondary N) is 2. The normalized spacial score (nSPS) is 12.1. The molecule has 1 heterocycles. The topological polar surface area (TPSA) is 58.5 Å². The molecule has 0 saturated carbocycles. The molecule has 2 rings (SSSR count). The Labute approximate surface area is 154 Å². The highest BCUT2D eigenvalue weighted by Crippen LogP contribution is 2.23. The lowest BCUT2D eigenvalue weighted by molar-refractivity contribution is 0.322. The van der Waals surface area contributed by atoms with E-state index in [1.807, 2.05) is 30.3 Å². The molecule has 0 fully saturated rings. The smallest absolute Gasteiger partial charge is 0.191 e. The Morgan fingerprint density at radius 1 is 1.16 bits per heavy atom. The SMILES string of the molecule is CN=C(NCCOc1ccccc1)NCCc1nc(C(C)(C)C)cs1. The minimum absolute atomic E-state index is 0.110. The Bertz CT molecular complexity index is 662. The first-order chi connectivity index (χ1) is 12.0. The number of aromatic nitrogens is 1. The first kappa shape index (κ1) is 19.2. The number of rotatable bonds is 7. The van der Waals surface area contributed by atoms with Crippen molar-refractivity contribution in [1.82, 2.24) is 15.6 Å². The number of guanidine groups is 1. The van der Waals surface area contributed by atoms with Crippen LogP contribution in [0.5, 0.6) is 5.75 Å². The monoisotopic (exact) mass is 360 g/mol. The number of hydrogen-bond acceptors (Lipinski definition) is 4. The lowest BCUT2D eigenvalue weighted by atomic mass is 9.93. The molecule has 0 aliphatic heterocycles. The van der Waals surface area contributed by atoms with Gasteiger partial charge in [0.05, 0.1) is 17.2 Å². The third-order valence-electron chi connectivity index (χ3n) is 3.58. The van der Waals surface area contributed by atoms with Gasteiger partial charge in [0, 0.05) is 30.8 Å². The van der Waals surface area contributed by atoms with E-state index in [2.05, 4.69) is 41.8 Å². The van der Waals surface area contributed by atoms with Crippen LogP contribution in [0.25, 0.3) is 0 Å². The number of hydrogen-bond donors (Lipinski definition) is 2. The molecule has 0 radical (unpaired) electrons. The van der Waals surface area contributed by atoms with Gasteiger partial charge in [0.2, 0.25) is 0 Å². The second-order valence-electron chi connectivity index (χ2n) is 6.71. The van der Waals surface area contributed by atoms with Crippen LogP contribution >= 0.6 is 11.3 Å². The molecular weight excluding hydrogens is 332 g/mol. The van der Waals surface area contributed by atoms with Crippen LogP contribution in [0.3, 0.4) is 0 Å². The van der Waals surface area contributed by atoms with Gasteiger partial charge in [-0.3, -0.25) is 4.99 Å². The van der Waals surface area contributed by atoms with Gasteiger partial charge in [-0.1, -0.05) is 39.0 Å². The van der Waals surface area contributed by atoms with E-state index in [1.54, 1.807) is 18.4 Å². The van der Waals surface area contributed by atoms with Crippen molar-refractivity contribution in [3.05, 3.63) is 46.4 Å². The van der Waals surface area contributed by atoms with Gasteiger partial charge in [-0.2, -0.15) is 0 Å². The molecule has 25 heavy (non-hydrogen) atoms. The fraction of sp³-hybridized carbons (Fsp3) is 0.474. The zero-order valence-electron chi connectivity index (χ0n) is 15.5. The molecule has 0 spiro atoms. The van der Waals surface area contributed by atoms with E-state index in [9.17, 15) is 0 Å². The summed E-state index contributed by atoms with van der Waals surface area (Å²) in [6.07, 6.45) is 0.891. The van der Waals surface area contributed by atoms with Crippen LogP contribution in [-0.4, -0.2) is 37.7 Å². The van der Waals surface area contributed by atoms with Crippen LogP contribution in [0.2, 0.25) is 0 Å². The molecule has 1 aromatic carbocycles.